The molecule has 2 aromatic rings. The van der Waals surface area contributed by atoms with Crippen LogP contribution in [0.15, 0.2) is 28.1 Å². The quantitative estimate of drug-likeness (QED) is 0.794. The van der Waals surface area contributed by atoms with Crippen molar-refractivity contribution in [2.24, 2.45) is 0 Å². The maximum atomic E-state index is 5.81. The van der Waals surface area contributed by atoms with Crippen LogP contribution in [0.1, 0.15) is 0 Å². The van der Waals surface area contributed by atoms with Gasteiger partial charge in [-0.3, -0.25) is 0 Å². The van der Waals surface area contributed by atoms with E-state index in [1.165, 1.54) is 11.5 Å². The number of benzene rings is 1. The fourth-order valence-electron chi connectivity index (χ4n) is 0.979. The topological polar surface area (TPSA) is 25.8 Å². The van der Waals surface area contributed by atoms with Crippen LogP contribution in [-0.2, 0) is 0 Å². The molecule has 0 aliphatic rings. The summed E-state index contributed by atoms with van der Waals surface area (Å²) in [5, 5.41) is 6.58. The molecule has 0 atom stereocenters. The van der Waals surface area contributed by atoms with Crippen molar-refractivity contribution in [2.75, 3.05) is 0 Å². The number of nitrogens with zero attached hydrogens (tertiary/aromatic N) is 2. The number of hydrogen-bond acceptors (Lipinski definition) is 3. The molecule has 0 saturated heterocycles. The van der Waals surface area contributed by atoms with Crippen LogP contribution in [-0.4, -0.2) is 9.59 Å². The summed E-state index contributed by atoms with van der Waals surface area (Å²) in [5.74, 6) is 0. The lowest BCUT2D eigenvalue weighted by Gasteiger charge is -1.99. The van der Waals surface area contributed by atoms with Crippen LogP contribution < -0.4 is 0 Å². The molecule has 2 rings (SSSR count). The first-order chi connectivity index (χ1) is 6.27. The third kappa shape index (κ3) is 1.90. The van der Waals surface area contributed by atoms with E-state index >= 15 is 0 Å². The lowest BCUT2D eigenvalue weighted by atomic mass is 10.2. The van der Waals surface area contributed by atoms with Crippen molar-refractivity contribution in [3.05, 3.63) is 33.1 Å². The van der Waals surface area contributed by atoms with Gasteiger partial charge in [0, 0.05) is 20.4 Å². The standard InChI is InChI=1S/C8H4BrClN2S/c9-7-3-5(10)1-2-6(7)8-4-13-12-11-8/h1-4H. The van der Waals surface area contributed by atoms with E-state index in [4.69, 9.17) is 11.6 Å². The first-order valence-electron chi connectivity index (χ1n) is 3.50. The number of hydrogen-bond donors (Lipinski definition) is 0. The van der Waals surface area contributed by atoms with Crippen molar-refractivity contribution in [1.82, 2.24) is 9.59 Å². The van der Waals surface area contributed by atoms with Crippen molar-refractivity contribution in [1.29, 1.82) is 0 Å². The van der Waals surface area contributed by atoms with Crippen molar-refractivity contribution in [2.45, 2.75) is 0 Å². The molecule has 0 fully saturated rings. The second-order valence-electron chi connectivity index (χ2n) is 2.41. The molecule has 1 aromatic heterocycles. The third-order valence-corrected chi connectivity index (χ3v) is 2.96. The van der Waals surface area contributed by atoms with Crippen molar-refractivity contribution in [3.63, 3.8) is 0 Å². The third-order valence-electron chi connectivity index (χ3n) is 1.57. The van der Waals surface area contributed by atoms with Gasteiger partial charge in [-0.2, -0.15) is 0 Å². The highest BCUT2D eigenvalue weighted by molar-refractivity contribution is 9.10. The van der Waals surface area contributed by atoms with E-state index < -0.39 is 0 Å². The Kier molecular flexibility index (Phi) is 2.62. The van der Waals surface area contributed by atoms with Gasteiger partial charge in [0.15, 0.2) is 0 Å². The van der Waals surface area contributed by atoms with E-state index in [2.05, 4.69) is 25.5 Å². The number of halogens is 2. The second-order valence-corrected chi connectivity index (χ2v) is 4.31. The second kappa shape index (κ2) is 3.74. The highest BCUT2D eigenvalue weighted by Gasteiger charge is 2.05. The molecule has 0 bridgehead atoms. The van der Waals surface area contributed by atoms with E-state index in [1.54, 1.807) is 0 Å². The largest absolute Gasteiger partial charge is 0.138 e. The van der Waals surface area contributed by atoms with Gasteiger partial charge >= 0.3 is 0 Å². The fraction of sp³-hybridized carbons (Fsp3) is 0. The minimum atomic E-state index is 0.707. The van der Waals surface area contributed by atoms with Gasteiger partial charge in [0.2, 0.25) is 0 Å². The molecule has 0 spiro atoms. The maximum absolute atomic E-state index is 5.81. The van der Waals surface area contributed by atoms with Crippen LogP contribution in [0.4, 0.5) is 0 Å². The van der Waals surface area contributed by atoms with E-state index in [0.29, 0.717) is 5.02 Å². The van der Waals surface area contributed by atoms with Gasteiger partial charge in [-0.15, -0.1) is 5.10 Å². The van der Waals surface area contributed by atoms with Crippen molar-refractivity contribution < 1.29 is 0 Å². The summed E-state index contributed by atoms with van der Waals surface area (Å²) in [6.07, 6.45) is 0. The molecule has 0 saturated carbocycles. The zero-order chi connectivity index (χ0) is 9.26. The Balaban J connectivity index is 2.53. The maximum Gasteiger partial charge on any atom is 0.106 e. The van der Waals surface area contributed by atoms with Gasteiger partial charge in [-0.05, 0) is 23.7 Å². The predicted molar refractivity (Wildman–Crippen MR) is 58.1 cm³/mol. The van der Waals surface area contributed by atoms with Crippen LogP contribution >= 0.6 is 39.1 Å². The molecule has 66 valence electrons. The van der Waals surface area contributed by atoms with E-state index in [0.717, 1.165) is 15.7 Å². The van der Waals surface area contributed by atoms with E-state index in [-0.39, 0.29) is 0 Å². The number of aromatic nitrogens is 2. The lowest BCUT2D eigenvalue weighted by Crippen LogP contribution is -1.79. The highest BCUT2D eigenvalue weighted by atomic mass is 79.9. The fourth-order valence-corrected chi connectivity index (χ4v) is 2.32. The summed E-state index contributed by atoms with van der Waals surface area (Å²) >= 11 is 10.6. The van der Waals surface area contributed by atoms with Crippen molar-refractivity contribution >= 4 is 39.1 Å². The monoisotopic (exact) mass is 274 g/mol. The summed E-state index contributed by atoms with van der Waals surface area (Å²) in [4.78, 5) is 0. The Hall–Kier alpha value is -0.450. The predicted octanol–water partition coefficient (Wildman–Crippen LogP) is 3.62. The minimum Gasteiger partial charge on any atom is -0.138 e. The molecule has 0 amide bonds. The molecular formula is C8H4BrClN2S. The summed E-state index contributed by atoms with van der Waals surface area (Å²) in [7, 11) is 0. The summed E-state index contributed by atoms with van der Waals surface area (Å²) < 4.78 is 4.74. The Morgan fingerprint density at radius 3 is 2.85 bits per heavy atom. The lowest BCUT2D eigenvalue weighted by molar-refractivity contribution is 1.16. The molecular weight excluding hydrogens is 272 g/mol. The van der Waals surface area contributed by atoms with Crippen molar-refractivity contribution in [3.8, 4) is 11.3 Å². The van der Waals surface area contributed by atoms with Gasteiger partial charge < -0.3 is 0 Å². The Labute approximate surface area is 92.8 Å². The number of rotatable bonds is 1. The molecule has 1 aromatic carbocycles. The van der Waals surface area contributed by atoms with Gasteiger partial charge in [0.05, 0.1) is 0 Å². The molecule has 2 nitrogen and oxygen atoms in total. The Bertz CT molecular complexity index is 416. The first-order valence-corrected chi connectivity index (χ1v) is 5.50. The van der Waals surface area contributed by atoms with E-state index in [9.17, 15) is 0 Å². The zero-order valence-electron chi connectivity index (χ0n) is 6.37. The molecule has 0 aliphatic heterocycles. The average Bonchev–Trinajstić information content (AvgIpc) is 2.56. The molecule has 0 radical (unpaired) electrons. The van der Waals surface area contributed by atoms with Crippen LogP contribution in [0, 0.1) is 0 Å². The van der Waals surface area contributed by atoms with Gasteiger partial charge in [-0.1, -0.05) is 38.1 Å². The van der Waals surface area contributed by atoms with Crippen LogP contribution in [0.3, 0.4) is 0 Å². The Morgan fingerprint density at radius 2 is 2.23 bits per heavy atom. The molecule has 5 heteroatoms. The van der Waals surface area contributed by atoms with Gasteiger partial charge in [-0.25, -0.2) is 0 Å². The minimum absolute atomic E-state index is 0.707. The molecule has 0 N–H and O–H groups in total. The Morgan fingerprint density at radius 1 is 1.38 bits per heavy atom. The van der Waals surface area contributed by atoms with Crippen LogP contribution in [0.5, 0.6) is 0 Å². The summed E-state index contributed by atoms with van der Waals surface area (Å²) in [6, 6.07) is 5.60. The van der Waals surface area contributed by atoms with Crippen LogP contribution in [0.25, 0.3) is 11.3 Å². The van der Waals surface area contributed by atoms with E-state index in [1.807, 2.05) is 23.6 Å². The molecule has 0 unspecified atom stereocenters. The van der Waals surface area contributed by atoms with Gasteiger partial charge in [0.1, 0.15) is 5.69 Å². The van der Waals surface area contributed by atoms with Crippen LogP contribution in [0.2, 0.25) is 5.02 Å². The molecule has 0 aliphatic carbocycles. The summed E-state index contributed by atoms with van der Waals surface area (Å²) in [5.41, 5.74) is 1.88. The average molecular weight is 276 g/mol. The smallest absolute Gasteiger partial charge is 0.106 e. The zero-order valence-corrected chi connectivity index (χ0v) is 9.53. The SMILES string of the molecule is Clc1ccc(-c2csnn2)c(Br)c1. The van der Waals surface area contributed by atoms with Gasteiger partial charge in [0.25, 0.3) is 0 Å². The molecule has 13 heavy (non-hydrogen) atoms. The summed E-state index contributed by atoms with van der Waals surface area (Å²) in [6.45, 7) is 0. The normalized spacial score (nSPS) is 10.3. The highest BCUT2D eigenvalue weighted by Crippen LogP contribution is 2.29. The molecule has 1 heterocycles. The first kappa shape index (κ1) is 9.12.